The summed E-state index contributed by atoms with van der Waals surface area (Å²) in [5, 5.41) is 5.04. The van der Waals surface area contributed by atoms with E-state index in [9.17, 15) is 22.8 Å². The van der Waals surface area contributed by atoms with E-state index in [0.717, 1.165) is 0 Å². The van der Waals surface area contributed by atoms with E-state index in [1.807, 2.05) is 4.90 Å². The Morgan fingerprint density at radius 2 is 1.78 bits per heavy atom. The molecule has 32 heavy (non-hydrogen) atoms. The van der Waals surface area contributed by atoms with E-state index in [1.165, 1.54) is 18.3 Å². The number of anilines is 2. The first-order chi connectivity index (χ1) is 15.3. The number of nitrogens with zero attached hydrogens (tertiary/aromatic N) is 5. The Morgan fingerprint density at radius 1 is 1.06 bits per heavy atom. The van der Waals surface area contributed by atoms with Gasteiger partial charge in [-0.2, -0.15) is 13.2 Å². The van der Waals surface area contributed by atoms with Gasteiger partial charge in [0.15, 0.2) is 6.61 Å². The molecule has 10 nitrogen and oxygen atoms in total. The lowest BCUT2D eigenvalue weighted by atomic mass is 10.3. The summed E-state index contributed by atoms with van der Waals surface area (Å²) in [4.78, 5) is 40.1. The summed E-state index contributed by atoms with van der Waals surface area (Å²) < 4.78 is 40.9. The van der Waals surface area contributed by atoms with Crippen molar-refractivity contribution in [3.05, 3.63) is 36.8 Å². The second kappa shape index (κ2) is 10.6. The number of piperazine rings is 1. The molecule has 3 amide bonds. The number of carbonyl (C=O) groups is 2. The van der Waals surface area contributed by atoms with Crippen LogP contribution in [0, 0.1) is 0 Å². The molecule has 0 saturated carbocycles. The average Bonchev–Trinajstić information content (AvgIpc) is 2.79. The Kier molecular flexibility index (Phi) is 7.63. The van der Waals surface area contributed by atoms with Crippen molar-refractivity contribution in [3.63, 3.8) is 0 Å². The normalized spacial score (nSPS) is 14.1. The van der Waals surface area contributed by atoms with E-state index in [2.05, 4.69) is 30.3 Å². The number of pyridine rings is 1. The lowest BCUT2D eigenvalue weighted by Gasteiger charge is -2.34. The zero-order chi connectivity index (χ0) is 23.0. The van der Waals surface area contributed by atoms with Crippen molar-refractivity contribution in [2.45, 2.75) is 12.6 Å². The molecule has 172 valence electrons. The number of rotatable bonds is 7. The van der Waals surface area contributed by atoms with Crippen LogP contribution in [0.15, 0.2) is 36.8 Å². The van der Waals surface area contributed by atoms with Gasteiger partial charge in [-0.1, -0.05) is 0 Å². The van der Waals surface area contributed by atoms with Crippen molar-refractivity contribution in [1.29, 1.82) is 0 Å². The van der Waals surface area contributed by atoms with Crippen molar-refractivity contribution in [2.75, 3.05) is 49.5 Å². The number of nitrogens with one attached hydrogen (secondary N) is 2. The number of amides is 3. The van der Waals surface area contributed by atoms with Crippen LogP contribution >= 0.6 is 0 Å². The van der Waals surface area contributed by atoms with Crippen LogP contribution in [0.3, 0.4) is 0 Å². The molecule has 1 aliphatic heterocycles. The molecule has 3 heterocycles. The molecule has 0 aromatic carbocycles. The number of hydrogen-bond acceptors (Lipinski definition) is 7. The molecule has 0 spiro atoms. The smallest absolute Gasteiger partial charge is 0.422 e. The Bertz CT molecular complexity index is 889. The van der Waals surface area contributed by atoms with Gasteiger partial charge in [-0.15, -0.1) is 0 Å². The van der Waals surface area contributed by atoms with Gasteiger partial charge in [0.05, 0.1) is 11.9 Å². The van der Waals surface area contributed by atoms with Gasteiger partial charge in [0.2, 0.25) is 17.7 Å². The summed E-state index contributed by atoms with van der Waals surface area (Å²) in [6, 6.07) is 3.75. The van der Waals surface area contributed by atoms with Gasteiger partial charge in [-0.3, -0.25) is 4.79 Å². The molecule has 0 bridgehead atoms. The first-order valence-electron chi connectivity index (χ1n) is 9.80. The van der Waals surface area contributed by atoms with Crippen LogP contribution in [0.1, 0.15) is 6.42 Å². The molecule has 0 radical (unpaired) electrons. The highest BCUT2D eigenvalue weighted by atomic mass is 19.4. The van der Waals surface area contributed by atoms with Crippen molar-refractivity contribution in [1.82, 2.24) is 25.2 Å². The van der Waals surface area contributed by atoms with Gasteiger partial charge in [0.1, 0.15) is 0 Å². The molecule has 2 N–H and O–H groups in total. The highest BCUT2D eigenvalue weighted by molar-refractivity contribution is 5.89. The number of alkyl halides is 3. The second-order valence-electron chi connectivity index (χ2n) is 6.84. The highest BCUT2D eigenvalue weighted by Gasteiger charge is 2.28. The largest absolute Gasteiger partial charge is 0.468 e. The predicted octanol–water partition coefficient (Wildman–Crippen LogP) is 1.67. The van der Waals surface area contributed by atoms with Gasteiger partial charge < -0.3 is 25.2 Å². The predicted molar refractivity (Wildman–Crippen MR) is 108 cm³/mol. The van der Waals surface area contributed by atoms with Crippen LogP contribution in [0.4, 0.5) is 29.6 Å². The Hall–Kier alpha value is -3.64. The minimum atomic E-state index is -4.46. The molecule has 1 fully saturated rings. The van der Waals surface area contributed by atoms with Crippen molar-refractivity contribution in [2.24, 2.45) is 0 Å². The summed E-state index contributed by atoms with van der Waals surface area (Å²) in [5.74, 6) is 0.344. The Morgan fingerprint density at radius 3 is 2.41 bits per heavy atom. The van der Waals surface area contributed by atoms with Crippen LogP contribution in [-0.4, -0.2) is 77.3 Å². The molecule has 1 aliphatic rings. The lowest BCUT2D eigenvalue weighted by Crippen LogP contribution is -2.49. The van der Waals surface area contributed by atoms with E-state index in [-0.39, 0.29) is 30.4 Å². The second-order valence-corrected chi connectivity index (χ2v) is 6.84. The van der Waals surface area contributed by atoms with Crippen LogP contribution in [-0.2, 0) is 4.79 Å². The minimum Gasteiger partial charge on any atom is -0.468 e. The number of aromatic nitrogens is 3. The zero-order valence-electron chi connectivity index (χ0n) is 17.0. The molecule has 0 aliphatic carbocycles. The van der Waals surface area contributed by atoms with E-state index >= 15 is 0 Å². The summed E-state index contributed by atoms with van der Waals surface area (Å²) >= 11 is 0. The molecular formula is C19H22F3N7O3. The number of urea groups is 1. The van der Waals surface area contributed by atoms with E-state index in [0.29, 0.717) is 32.1 Å². The van der Waals surface area contributed by atoms with Gasteiger partial charge >= 0.3 is 12.2 Å². The first kappa shape index (κ1) is 23.0. The topological polar surface area (TPSA) is 113 Å². The van der Waals surface area contributed by atoms with Crippen molar-refractivity contribution < 1.29 is 27.5 Å². The maximum atomic E-state index is 12.4. The van der Waals surface area contributed by atoms with Gasteiger partial charge in [-0.05, 0) is 12.1 Å². The highest BCUT2D eigenvalue weighted by Crippen LogP contribution is 2.18. The average molecular weight is 453 g/mol. The van der Waals surface area contributed by atoms with E-state index in [1.54, 1.807) is 23.4 Å². The Balaban J connectivity index is 1.34. The summed E-state index contributed by atoms with van der Waals surface area (Å²) in [6.07, 6.45) is 0.190. The van der Waals surface area contributed by atoms with Gasteiger partial charge in [0.25, 0.3) is 0 Å². The molecule has 2 aromatic heterocycles. The van der Waals surface area contributed by atoms with E-state index in [4.69, 9.17) is 0 Å². The quantitative estimate of drug-likeness (QED) is 0.656. The molecular weight excluding hydrogens is 431 g/mol. The third-order valence-corrected chi connectivity index (χ3v) is 4.47. The fourth-order valence-electron chi connectivity index (χ4n) is 2.92. The number of halogens is 3. The molecule has 1 saturated heterocycles. The van der Waals surface area contributed by atoms with Crippen molar-refractivity contribution >= 4 is 23.6 Å². The Labute approximate surface area is 181 Å². The maximum Gasteiger partial charge on any atom is 0.422 e. The molecule has 13 heteroatoms. The summed E-state index contributed by atoms with van der Waals surface area (Å²) in [5.41, 5.74) is 0.271. The third-order valence-electron chi connectivity index (χ3n) is 4.47. The summed E-state index contributed by atoms with van der Waals surface area (Å²) in [7, 11) is 0. The van der Waals surface area contributed by atoms with Crippen LogP contribution in [0.25, 0.3) is 0 Å². The number of hydrogen-bond donors (Lipinski definition) is 2. The number of ether oxygens (including phenoxy) is 1. The van der Waals surface area contributed by atoms with Crippen LogP contribution < -0.4 is 20.3 Å². The molecule has 3 rings (SSSR count). The van der Waals surface area contributed by atoms with Gasteiger partial charge in [0, 0.05) is 57.6 Å². The minimum absolute atomic E-state index is 0.0771. The SMILES string of the molecule is O=C(NCCC(=O)N1CCN(c2ncccn2)CC1)Nc1ccc(OCC(F)(F)F)nc1. The maximum absolute atomic E-state index is 12.4. The molecule has 0 unspecified atom stereocenters. The fourth-order valence-corrected chi connectivity index (χ4v) is 2.92. The standard InChI is InChI=1S/C19H22F3N7O3/c20-19(21,22)13-32-15-3-2-14(12-26-15)27-18(31)25-7-4-16(30)28-8-10-29(11-9-28)17-23-5-1-6-24-17/h1-3,5-6,12H,4,7-11,13H2,(H2,25,27,31). The first-order valence-corrected chi connectivity index (χ1v) is 9.80. The van der Waals surface area contributed by atoms with Gasteiger partial charge in [-0.25, -0.2) is 19.7 Å². The monoisotopic (exact) mass is 453 g/mol. The fraction of sp³-hybridized carbons (Fsp3) is 0.421. The molecule has 0 atom stereocenters. The third kappa shape index (κ3) is 7.25. The van der Waals surface area contributed by atoms with Crippen LogP contribution in [0.5, 0.6) is 5.88 Å². The van der Waals surface area contributed by atoms with E-state index < -0.39 is 18.8 Å². The van der Waals surface area contributed by atoms with Crippen molar-refractivity contribution in [3.8, 4) is 5.88 Å². The molecule has 2 aromatic rings. The number of carbonyl (C=O) groups excluding carboxylic acids is 2. The summed E-state index contributed by atoms with van der Waals surface area (Å²) in [6.45, 7) is 1.01. The lowest BCUT2D eigenvalue weighted by molar-refractivity contribution is -0.154. The zero-order valence-corrected chi connectivity index (χ0v) is 17.0. The van der Waals surface area contributed by atoms with Crippen LogP contribution in [0.2, 0.25) is 0 Å².